The first-order valence-electron chi connectivity index (χ1n) is 8.80. The third kappa shape index (κ3) is 3.11. The molecule has 28 heavy (non-hydrogen) atoms. The van der Waals surface area contributed by atoms with Gasteiger partial charge in [-0.2, -0.15) is 0 Å². The molecule has 1 aromatic heterocycles. The first kappa shape index (κ1) is 17.8. The number of rotatable bonds is 4. The molecule has 1 atom stereocenters. The molecule has 1 aliphatic heterocycles. The number of amides is 1. The number of benzene rings is 2. The van der Waals surface area contributed by atoms with Gasteiger partial charge in [0.05, 0.1) is 25.5 Å². The van der Waals surface area contributed by atoms with E-state index < -0.39 is 5.97 Å². The fourth-order valence-corrected chi connectivity index (χ4v) is 3.45. The van der Waals surface area contributed by atoms with Gasteiger partial charge in [-0.1, -0.05) is 12.1 Å². The molecule has 1 aliphatic rings. The van der Waals surface area contributed by atoms with Crippen LogP contribution in [0.2, 0.25) is 0 Å². The summed E-state index contributed by atoms with van der Waals surface area (Å²) in [5.41, 5.74) is 3.21. The van der Waals surface area contributed by atoms with Crippen LogP contribution in [-0.4, -0.2) is 35.6 Å². The molecule has 0 fully saturated rings. The summed E-state index contributed by atoms with van der Waals surface area (Å²) in [5, 5.41) is 2.84. The number of carbonyl (C=O) groups excluding carboxylic acids is 2. The Labute approximate surface area is 161 Å². The molecule has 0 aliphatic carbocycles. The number of methoxy groups -OCH3 is 2. The number of aromatic nitrogens is 2. The Kier molecular flexibility index (Phi) is 4.57. The second-order valence-electron chi connectivity index (χ2n) is 6.46. The van der Waals surface area contributed by atoms with E-state index in [9.17, 15) is 9.59 Å². The highest BCUT2D eigenvalue weighted by molar-refractivity contribution is 5.94. The maximum atomic E-state index is 12.2. The first-order chi connectivity index (χ1) is 13.6. The quantitative estimate of drug-likeness (QED) is 0.707. The highest BCUT2D eigenvalue weighted by Crippen LogP contribution is 2.38. The van der Waals surface area contributed by atoms with Crippen LogP contribution >= 0.6 is 0 Å². The highest BCUT2D eigenvalue weighted by atomic mass is 16.5. The van der Waals surface area contributed by atoms with E-state index in [1.54, 1.807) is 25.6 Å². The standard InChI is InChI=1S/C21H19N3O4/c1-27-16-9-7-15(8-10-16)24-12-22-20-19(24)17(11-18(25)23-20)13-3-5-14(6-4-13)21(26)28-2/h3-10,12,17H,11H2,1-2H3,(H,23,25)/t17-/m0/s1. The average molecular weight is 377 g/mol. The summed E-state index contributed by atoms with van der Waals surface area (Å²) in [6.45, 7) is 0. The number of nitrogens with zero attached hydrogens (tertiary/aromatic N) is 2. The molecule has 0 spiro atoms. The molecular weight excluding hydrogens is 358 g/mol. The predicted octanol–water partition coefficient (Wildman–Crippen LogP) is 3.14. The van der Waals surface area contributed by atoms with Gasteiger partial charge in [0.1, 0.15) is 12.1 Å². The van der Waals surface area contributed by atoms with Crippen molar-refractivity contribution in [1.82, 2.24) is 9.55 Å². The van der Waals surface area contributed by atoms with Crippen LogP contribution in [-0.2, 0) is 9.53 Å². The smallest absolute Gasteiger partial charge is 0.337 e. The van der Waals surface area contributed by atoms with Gasteiger partial charge in [0.15, 0.2) is 5.82 Å². The lowest BCUT2D eigenvalue weighted by Gasteiger charge is -2.25. The minimum Gasteiger partial charge on any atom is -0.497 e. The third-order valence-corrected chi connectivity index (χ3v) is 4.87. The lowest BCUT2D eigenvalue weighted by molar-refractivity contribution is -0.116. The largest absolute Gasteiger partial charge is 0.497 e. The number of hydrogen-bond donors (Lipinski definition) is 1. The Balaban J connectivity index is 1.76. The number of imidazole rings is 1. The van der Waals surface area contributed by atoms with Crippen molar-refractivity contribution in [3.63, 3.8) is 0 Å². The average Bonchev–Trinajstić information content (AvgIpc) is 3.16. The fourth-order valence-electron chi connectivity index (χ4n) is 3.45. The van der Waals surface area contributed by atoms with Gasteiger partial charge in [-0.15, -0.1) is 0 Å². The molecule has 7 nitrogen and oxygen atoms in total. The minimum atomic E-state index is -0.392. The Hall–Kier alpha value is -3.61. The van der Waals surface area contributed by atoms with Crippen LogP contribution in [0.4, 0.5) is 5.82 Å². The number of carbonyl (C=O) groups is 2. The van der Waals surface area contributed by atoms with Crippen molar-refractivity contribution in [3.8, 4) is 11.4 Å². The van der Waals surface area contributed by atoms with E-state index in [-0.39, 0.29) is 11.8 Å². The maximum absolute atomic E-state index is 12.2. The molecule has 1 N–H and O–H groups in total. The maximum Gasteiger partial charge on any atom is 0.337 e. The zero-order valence-electron chi connectivity index (χ0n) is 15.5. The van der Waals surface area contributed by atoms with Crippen molar-refractivity contribution in [2.24, 2.45) is 0 Å². The Bertz CT molecular complexity index is 1020. The Morgan fingerprint density at radius 1 is 1.11 bits per heavy atom. The molecule has 0 bridgehead atoms. The molecule has 0 unspecified atom stereocenters. The van der Waals surface area contributed by atoms with E-state index in [2.05, 4.69) is 10.3 Å². The summed E-state index contributed by atoms with van der Waals surface area (Å²) in [6, 6.07) is 14.8. The first-order valence-corrected chi connectivity index (χ1v) is 8.80. The van der Waals surface area contributed by atoms with Crippen molar-refractivity contribution >= 4 is 17.7 Å². The minimum absolute atomic E-state index is 0.0884. The number of nitrogens with one attached hydrogen (secondary N) is 1. The third-order valence-electron chi connectivity index (χ3n) is 4.87. The summed E-state index contributed by atoms with van der Waals surface area (Å²) >= 11 is 0. The molecule has 3 aromatic rings. The van der Waals surface area contributed by atoms with Gasteiger partial charge >= 0.3 is 5.97 Å². The molecular formula is C21H19N3O4. The monoisotopic (exact) mass is 377 g/mol. The fraction of sp³-hybridized carbons (Fsp3) is 0.190. The lowest BCUT2D eigenvalue weighted by Crippen LogP contribution is -2.25. The zero-order chi connectivity index (χ0) is 19.7. The van der Waals surface area contributed by atoms with E-state index in [4.69, 9.17) is 9.47 Å². The molecule has 0 saturated heterocycles. The molecule has 142 valence electrons. The second kappa shape index (κ2) is 7.19. The van der Waals surface area contributed by atoms with Crippen molar-refractivity contribution in [3.05, 3.63) is 71.7 Å². The van der Waals surface area contributed by atoms with Crippen LogP contribution in [0.3, 0.4) is 0 Å². The van der Waals surface area contributed by atoms with Crippen molar-refractivity contribution in [1.29, 1.82) is 0 Å². The normalized spacial score (nSPS) is 15.5. The van der Waals surface area contributed by atoms with E-state index in [0.29, 0.717) is 17.8 Å². The van der Waals surface area contributed by atoms with Crippen molar-refractivity contribution in [2.45, 2.75) is 12.3 Å². The van der Waals surface area contributed by atoms with Crippen LogP contribution in [0, 0.1) is 0 Å². The molecule has 0 saturated carbocycles. The van der Waals surface area contributed by atoms with Gasteiger partial charge in [-0.25, -0.2) is 9.78 Å². The summed E-state index contributed by atoms with van der Waals surface area (Å²) in [5.74, 6) is 0.654. The number of fused-ring (bicyclic) bond motifs is 1. The highest BCUT2D eigenvalue weighted by Gasteiger charge is 2.31. The summed E-state index contributed by atoms with van der Waals surface area (Å²) < 4.78 is 11.9. The zero-order valence-corrected chi connectivity index (χ0v) is 15.5. The summed E-state index contributed by atoms with van der Waals surface area (Å²) in [7, 11) is 2.97. The number of anilines is 1. The SMILES string of the molecule is COC(=O)c1ccc([C@@H]2CC(=O)Nc3ncn(-c4ccc(OC)cc4)c32)cc1. The molecule has 2 heterocycles. The predicted molar refractivity (Wildman–Crippen MR) is 103 cm³/mol. The molecule has 0 radical (unpaired) electrons. The Morgan fingerprint density at radius 2 is 1.82 bits per heavy atom. The molecule has 2 aromatic carbocycles. The topological polar surface area (TPSA) is 82.5 Å². The van der Waals surface area contributed by atoms with Crippen molar-refractivity contribution < 1.29 is 19.1 Å². The van der Waals surface area contributed by atoms with E-state index in [0.717, 1.165) is 22.7 Å². The van der Waals surface area contributed by atoms with Crippen LogP contribution in [0.15, 0.2) is 54.9 Å². The van der Waals surface area contributed by atoms with Crippen LogP contribution in [0.25, 0.3) is 5.69 Å². The van der Waals surface area contributed by atoms with E-state index in [1.807, 2.05) is 41.0 Å². The van der Waals surface area contributed by atoms with Gasteiger partial charge in [0.25, 0.3) is 0 Å². The molecule has 7 heteroatoms. The van der Waals surface area contributed by atoms with Crippen LogP contribution in [0.1, 0.15) is 34.0 Å². The van der Waals surface area contributed by atoms with E-state index in [1.165, 1.54) is 7.11 Å². The van der Waals surface area contributed by atoms with Crippen LogP contribution in [0.5, 0.6) is 5.75 Å². The van der Waals surface area contributed by atoms with Gasteiger partial charge in [0, 0.05) is 18.0 Å². The van der Waals surface area contributed by atoms with Gasteiger partial charge in [-0.3, -0.25) is 4.79 Å². The number of hydrogen-bond acceptors (Lipinski definition) is 5. The van der Waals surface area contributed by atoms with Gasteiger partial charge < -0.3 is 19.4 Å². The van der Waals surface area contributed by atoms with Gasteiger partial charge in [-0.05, 0) is 42.0 Å². The van der Waals surface area contributed by atoms with Crippen LogP contribution < -0.4 is 10.1 Å². The second-order valence-corrected chi connectivity index (χ2v) is 6.46. The van der Waals surface area contributed by atoms with Crippen molar-refractivity contribution in [2.75, 3.05) is 19.5 Å². The summed E-state index contributed by atoms with van der Waals surface area (Å²) in [6.07, 6.45) is 2.00. The molecule has 1 amide bonds. The molecule has 4 rings (SSSR count). The summed E-state index contributed by atoms with van der Waals surface area (Å²) in [4.78, 5) is 28.3. The van der Waals surface area contributed by atoms with E-state index >= 15 is 0 Å². The van der Waals surface area contributed by atoms with Gasteiger partial charge in [0.2, 0.25) is 5.91 Å². The lowest BCUT2D eigenvalue weighted by atomic mass is 9.89. The number of ether oxygens (including phenoxy) is 2. The Morgan fingerprint density at radius 3 is 2.46 bits per heavy atom. The number of esters is 1.